The second kappa shape index (κ2) is 18.4. The molecule has 154 valence electrons. The van der Waals surface area contributed by atoms with Crippen LogP contribution < -0.4 is 0 Å². The maximum atomic E-state index is 11.0. The molecular formula is C17H31NaO9. The molecular weight excluding hydrogens is 371 g/mol. The molecule has 9 nitrogen and oxygen atoms in total. The van der Waals surface area contributed by atoms with Crippen molar-refractivity contribution >= 4 is 47.5 Å². The van der Waals surface area contributed by atoms with Gasteiger partial charge in [-0.3, -0.25) is 9.59 Å². The number of hydrogen-bond acceptors (Lipinski definition) is 7. The fraction of sp³-hybridized carbons (Fsp3) is 0.706. The summed E-state index contributed by atoms with van der Waals surface area (Å²) < 4.78 is 4.72. The first-order valence-corrected chi connectivity index (χ1v) is 8.23. The van der Waals surface area contributed by atoms with Crippen molar-refractivity contribution in [2.45, 2.75) is 45.4 Å². The Balaban J connectivity index is -0.000000416. The van der Waals surface area contributed by atoms with Crippen molar-refractivity contribution in [3.05, 3.63) is 12.2 Å². The zero-order valence-corrected chi connectivity index (χ0v) is 15.1. The van der Waals surface area contributed by atoms with Crippen LogP contribution in [-0.4, -0.2) is 99.4 Å². The predicted octanol–water partition coefficient (Wildman–Crippen LogP) is -0.0833. The van der Waals surface area contributed by atoms with Gasteiger partial charge in [-0.1, -0.05) is 19.4 Å². The summed E-state index contributed by atoms with van der Waals surface area (Å²) >= 11 is 0. The van der Waals surface area contributed by atoms with Gasteiger partial charge in [0.25, 0.3) is 0 Å². The number of rotatable bonds is 13. The summed E-state index contributed by atoms with van der Waals surface area (Å²) in [6.07, 6.45) is 3.28. The van der Waals surface area contributed by atoms with Gasteiger partial charge < -0.3 is 30.3 Å². The average Bonchev–Trinajstić information content (AvgIpc) is 2.59. The maximum absolute atomic E-state index is 11.0. The van der Waals surface area contributed by atoms with Crippen molar-refractivity contribution in [2.24, 2.45) is 5.41 Å². The van der Waals surface area contributed by atoms with Crippen LogP contribution in [0.5, 0.6) is 0 Å². The van der Waals surface area contributed by atoms with Gasteiger partial charge in [0.05, 0.1) is 25.2 Å². The van der Waals surface area contributed by atoms with Gasteiger partial charge in [-0.05, 0) is 19.8 Å². The van der Waals surface area contributed by atoms with E-state index in [4.69, 9.17) is 30.3 Å². The van der Waals surface area contributed by atoms with E-state index in [1.807, 2.05) is 0 Å². The summed E-state index contributed by atoms with van der Waals surface area (Å²) in [4.78, 5) is 31.1. The molecule has 0 atom stereocenters. The first-order chi connectivity index (χ1) is 12.1. The van der Waals surface area contributed by atoms with Crippen molar-refractivity contribution in [1.29, 1.82) is 0 Å². The molecule has 0 heterocycles. The SMILES string of the molecule is C=C(C)C(=O)OCC(CO)(CO)CO.O=C(O)CCCCCCC(=O)O.[NaH]. The number of aliphatic carboxylic acids is 2. The summed E-state index contributed by atoms with van der Waals surface area (Å²) in [5.74, 6) is -2.17. The number of carboxylic acids is 2. The summed E-state index contributed by atoms with van der Waals surface area (Å²) in [5, 5.41) is 43.2. The number of ether oxygens (including phenoxy) is 1. The summed E-state index contributed by atoms with van der Waals surface area (Å²) in [7, 11) is 0. The second-order valence-corrected chi connectivity index (χ2v) is 6.03. The van der Waals surface area contributed by atoms with E-state index in [-0.39, 0.29) is 54.6 Å². The van der Waals surface area contributed by atoms with Gasteiger partial charge in [0.2, 0.25) is 0 Å². The van der Waals surface area contributed by atoms with Gasteiger partial charge >= 0.3 is 47.5 Å². The van der Waals surface area contributed by atoms with Crippen molar-refractivity contribution < 1.29 is 44.7 Å². The molecule has 0 aliphatic heterocycles. The van der Waals surface area contributed by atoms with E-state index in [0.29, 0.717) is 12.8 Å². The van der Waals surface area contributed by atoms with Gasteiger partial charge in [-0.15, -0.1) is 0 Å². The van der Waals surface area contributed by atoms with Crippen molar-refractivity contribution in [3.63, 3.8) is 0 Å². The van der Waals surface area contributed by atoms with Gasteiger partial charge in [-0.2, -0.15) is 0 Å². The molecule has 0 aliphatic rings. The molecule has 0 spiro atoms. The zero-order chi connectivity index (χ0) is 20.6. The minimum absolute atomic E-state index is 0. The Morgan fingerprint density at radius 3 is 1.48 bits per heavy atom. The third-order valence-electron chi connectivity index (χ3n) is 3.40. The van der Waals surface area contributed by atoms with E-state index in [1.165, 1.54) is 6.92 Å². The van der Waals surface area contributed by atoms with E-state index >= 15 is 0 Å². The van der Waals surface area contributed by atoms with Crippen LogP contribution in [0.1, 0.15) is 45.4 Å². The minimum atomic E-state index is -1.18. The number of aliphatic hydroxyl groups excluding tert-OH is 3. The number of hydrogen-bond donors (Lipinski definition) is 5. The number of carbonyl (C=O) groups is 3. The molecule has 5 N–H and O–H groups in total. The summed E-state index contributed by atoms with van der Waals surface area (Å²) in [6.45, 7) is 3.26. The Morgan fingerprint density at radius 1 is 0.852 bits per heavy atom. The van der Waals surface area contributed by atoms with Crippen LogP contribution >= 0.6 is 0 Å². The first kappa shape index (κ1) is 30.7. The second-order valence-electron chi connectivity index (χ2n) is 6.03. The monoisotopic (exact) mass is 402 g/mol. The van der Waals surface area contributed by atoms with E-state index in [1.54, 1.807) is 0 Å². The quantitative estimate of drug-likeness (QED) is 0.123. The number of carboxylic acid groups (broad SMARTS) is 2. The van der Waals surface area contributed by atoms with Gasteiger partial charge in [-0.25, -0.2) is 4.79 Å². The van der Waals surface area contributed by atoms with Crippen LogP contribution in [0.2, 0.25) is 0 Å². The fourth-order valence-corrected chi connectivity index (χ4v) is 1.53. The van der Waals surface area contributed by atoms with Crippen molar-refractivity contribution in [2.75, 3.05) is 26.4 Å². The van der Waals surface area contributed by atoms with Crippen molar-refractivity contribution in [1.82, 2.24) is 0 Å². The van der Waals surface area contributed by atoms with Crippen LogP contribution in [0, 0.1) is 5.41 Å². The normalized spacial score (nSPS) is 10.1. The van der Waals surface area contributed by atoms with E-state index in [0.717, 1.165) is 12.8 Å². The van der Waals surface area contributed by atoms with Crippen molar-refractivity contribution in [3.8, 4) is 0 Å². The van der Waals surface area contributed by atoms with Crippen LogP contribution in [0.15, 0.2) is 12.2 Å². The summed E-state index contributed by atoms with van der Waals surface area (Å²) in [5.41, 5.74) is -0.946. The molecule has 0 aromatic carbocycles. The van der Waals surface area contributed by atoms with Gasteiger partial charge in [0, 0.05) is 18.4 Å². The third kappa shape index (κ3) is 18.2. The topological polar surface area (TPSA) is 162 Å². The molecule has 0 amide bonds. The molecule has 0 fully saturated rings. The van der Waals surface area contributed by atoms with E-state index < -0.39 is 43.1 Å². The fourth-order valence-electron chi connectivity index (χ4n) is 1.53. The Labute approximate surface area is 181 Å². The predicted molar refractivity (Wildman–Crippen MR) is 99.6 cm³/mol. The molecule has 0 rings (SSSR count). The zero-order valence-electron chi connectivity index (χ0n) is 15.1. The Kier molecular flexibility index (Phi) is 20.9. The van der Waals surface area contributed by atoms with E-state index in [2.05, 4.69) is 6.58 Å². The van der Waals surface area contributed by atoms with Crippen LogP contribution in [0.4, 0.5) is 0 Å². The molecule has 0 radical (unpaired) electrons. The van der Waals surface area contributed by atoms with Gasteiger partial charge in [0.15, 0.2) is 0 Å². The Morgan fingerprint density at radius 2 is 1.22 bits per heavy atom. The number of esters is 1. The molecule has 0 unspecified atom stereocenters. The van der Waals surface area contributed by atoms with Gasteiger partial charge in [0.1, 0.15) is 6.61 Å². The molecule has 10 heteroatoms. The average molecular weight is 402 g/mol. The number of unbranched alkanes of at least 4 members (excludes halogenated alkanes) is 3. The summed E-state index contributed by atoms with van der Waals surface area (Å²) in [6, 6.07) is 0. The Hall–Kier alpha value is -0.970. The molecule has 0 bridgehead atoms. The van der Waals surface area contributed by atoms with E-state index in [9.17, 15) is 14.4 Å². The molecule has 0 saturated carbocycles. The van der Waals surface area contributed by atoms with Crippen LogP contribution in [0.25, 0.3) is 0 Å². The van der Waals surface area contributed by atoms with Crippen LogP contribution in [0.3, 0.4) is 0 Å². The van der Waals surface area contributed by atoms with Crippen LogP contribution in [-0.2, 0) is 19.1 Å². The number of carbonyl (C=O) groups excluding carboxylic acids is 1. The standard InChI is InChI=1S/C9H16O5.C8H14O4.Na.H/c1-7(2)8(13)14-6-9(3-10,4-11)5-12;9-7(10)5-3-1-2-4-6-8(11)12;;/h10-12H,1,3-6H2,2H3;1-6H2,(H,9,10)(H,11,12);;. The molecule has 0 aromatic rings. The number of aliphatic hydroxyl groups is 3. The first-order valence-electron chi connectivity index (χ1n) is 8.23. The molecule has 27 heavy (non-hydrogen) atoms. The third-order valence-corrected chi connectivity index (χ3v) is 3.40. The molecule has 0 aromatic heterocycles. The molecule has 0 saturated heterocycles. The molecule has 0 aliphatic carbocycles. The Bertz CT molecular complexity index is 421.